The van der Waals surface area contributed by atoms with Gasteiger partial charge in [-0.25, -0.2) is 13.3 Å². The number of amides is 3. The zero-order valence-corrected chi connectivity index (χ0v) is 35.3. The number of benzene rings is 2. The number of fused-ring (bicyclic) bond motifs is 2. The minimum absolute atomic E-state index is 0.0592. The standard InChI is InChI=1S/C46H52F2N10O4/c1-27-25-55(30-12-14-54(15-13-30)34-20-37(47)43(38(48)21-34)35-9-11-42(59)52-44(35)60)16-17-56(27)31-4-6-32(7-5-31)57-26-29-19-40(36(46(2,3)62)22-39(29)53-57)51-45(61)41-10-8-33-18-28(23-49)24-50-58(33)41/h8,10,18-22,24,26-27,30-32,35,62H,4-7,9,11-17,25H2,1-3H3,(H,51,61)(H,52,59,60)/t27-,31?,32?,35-/m1/s1. The van der Waals surface area contributed by atoms with Gasteiger partial charge in [0.25, 0.3) is 5.91 Å². The number of hydrogen-bond acceptors (Lipinski definition) is 10. The monoisotopic (exact) mass is 846 g/mol. The van der Waals surface area contributed by atoms with Gasteiger partial charge in [-0.1, -0.05) is 0 Å². The average molecular weight is 847 g/mol. The number of carbonyl (C=O) groups excluding carboxylic acids is 3. The van der Waals surface area contributed by atoms with Gasteiger partial charge < -0.3 is 15.3 Å². The normalized spacial score (nSPS) is 23.5. The number of nitriles is 1. The summed E-state index contributed by atoms with van der Waals surface area (Å²) in [7, 11) is 0. The lowest BCUT2D eigenvalue weighted by Gasteiger charge is -2.49. The summed E-state index contributed by atoms with van der Waals surface area (Å²) < 4.78 is 34.1. The maximum atomic E-state index is 15.3. The smallest absolute Gasteiger partial charge is 0.274 e. The zero-order chi connectivity index (χ0) is 43.4. The molecular weight excluding hydrogens is 795 g/mol. The zero-order valence-electron chi connectivity index (χ0n) is 35.3. The van der Waals surface area contributed by atoms with E-state index in [0.717, 1.165) is 69.1 Å². The molecule has 6 heterocycles. The van der Waals surface area contributed by atoms with E-state index in [9.17, 15) is 24.8 Å². The lowest BCUT2D eigenvalue weighted by molar-refractivity contribution is -0.134. The lowest BCUT2D eigenvalue weighted by Crippen LogP contribution is -2.59. The van der Waals surface area contributed by atoms with Crippen molar-refractivity contribution in [2.45, 2.75) is 108 Å². The third kappa shape index (κ3) is 8.05. The fourth-order valence-electron chi connectivity index (χ4n) is 10.4. The molecule has 3 saturated heterocycles. The second-order valence-electron chi connectivity index (χ2n) is 18.1. The fourth-order valence-corrected chi connectivity index (χ4v) is 10.4. The molecule has 5 aromatic rings. The summed E-state index contributed by atoms with van der Waals surface area (Å²) in [6.45, 7) is 10.0. The lowest BCUT2D eigenvalue weighted by atomic mass is 9.88. The predicted octanol–water partition coefficient (Wildman–Crippen LogP) is 5.99. The van der Waals surface area contributed by atoms with E-state index in [2.05, 4.69) is 43.2 Å². The van der Waals surface area contributed by atoms with Crippen LogP contribution in [-0.4, -0.2) is 103 Å². The molecule has 14 nitrogen and oxygen atoms in total. The van der Waals surface area contributed by atoms with Crippen LogP contribution in [0.1, 0.15) is 111 Å². The molecule has 4 aliphatic rings. The molecule has 0 spiro atoms. The number of aliphatic hydroxyl groups is 1. The Hall–Kier alpha value is -5.76. The molecule has 1 saturated carbocycles. The number of piperazine rings is 1. The SMILES string of the molecule is C[C@@H]1CN(C2CCN(c3cc(F)c([C@H]4CCC(=O)NC4=O)c(F)c3)CC2)CCN1C1CCC(n2cc3cc(NC(=O)c4ccc5cc(C#N)cnn45)c(C(C)(C)O)cc3n2)CC1. The first kappa shape index (κ1) is 41.6. The van der Waals surface area contributed by atoms with E-state index in [-0.39, 0.29) is 30.4 Å². The van der Waals surface area contributed by atoms with E-state index in [1.807, 2.05) is 23.2 Å². The van der Waals surface area contributed by atoms with Gasteiger partial charge >= 0.3 is 0 Å². The van der Waals surface area contributed by atoms with Gasteiger partial charge in [-0.15, -0.1) is 0 Å². The number of imide groups is 1. The van der Waals surface area contributed by atoms with Crippen LogP contribution < -0.4 is 15.5 Å². The number of carbonyl (C=O) groups is 3. The first-order chi connectivity index (χ1) is 29.7. The average Bonchev–Trinajstić information content (AvgIpc) is 3.88. The van der Waals surface area contributed by atoms with E-state index in [0.29, 0.717) is 64.9 Å². The van der Waals surface area contributed by atoms with Crippen LogP contribution in [0, 0.1) is 23.0 Å². The molecule has 1 aliphatic carbocycles. The van der Waals surface area contributed by atoms with E-state index in [1.54, 1.807) is 32.0 Å². The highest BCUT2D eigenvalue weighted by Gasteiger charge is 2.37. The summed E-state index contributed by atoms with van der Waals surface area (Å²) in [4.78, 5) is 44.7. The first-order valence-corrected chi connectivity index (χ1v) is 21.8. The molecule has 3 aliphatic heterocycles. The predicted molar refractivity (Wildman–Crippen MR) is 229 cm³/mol. The number of anilines is 2. The summed E-state index contributed by atoms with van der Waals surface area (Å²) in [5.74, 6) is -3.96. The van der Waals surface area contributed by atoms with Gasteiger partial charge in [0, 0.05) is 91.4 Å². The second-order valence-corrected chi connectivity index (χ2v) is 18.1. The van der Waals surface area contributed by atoms with E-state index >= 15 is 8.78 Å². The number of piperidine rings is 2. The van der Waals surface area contributed by atoms with Crippen LogP contribution in [0.5, 0.6) is 0 Å². The number of halogens is 2. The van der Waals surface area contributed by atoms with Crippen molar-refractivity contribution in [2.75, 3.05) is 42.9 Å². The molecule has 0 radical (unpaired) electrons. The molecule has 16 heteroatoms. The Morgan fingerprint density at radius 2 is 1.66 bits per heavy atom. The quantitative estimate of drug-likeness (QED) is 0.158. The number of aromatic nitrogens is 4. The molecular formula is C46H52F2N10O4. The summed E-state index contributed by atoms with van der Waals surface area (Å²) in [6.07, 6.45) is 9.50. The van der Waals surface area contributed by atoms with Crippen molar-refractivity contribution in [3.05, 3.63) is 88.9 Å². The van der Waals surface area contributed by atoms with Gasteiger partial charge in [0.15, 0.2) is 0 Å². The van der Waals surface area contributed by atoms with Crippen LogP contribution >= 0.6 is 0 Å². The minimum atomic E-state index is -1.26. The van der Waals surface area contributed by atoms with Crippen molar-refractivity contribution in [1.29, 1.82) is 5.26 Å². The highest BCUT2D eigenvalue weighted by molar-refractivity contribution is 6.05. The third-order valence-corrected chi connectivity index (χ3v) is 13.6. The van der Waals surface area contributed by atoms with Crippen LogP contribution in [0.4, 0.5) is 20.2 Å². The summed E-state index contributed by atoms with van der Waals surface area (Å²) >= 11 is 0. The van der Waals surface area contributed by atoms with E-state index < -0.39 is 35.0 Å². The molecule has 9 rings (SSSR count). The Labute approximate surface area is 358 Å². The molecule has 2 atom stereocenters. The molecule has 4 fully saturated rings. The van der Waals surface area contributed by atoms with Gasteiger partial charge in [0.1, 0.15) is 23.4 Å². The van der Waals surface area contributed by atoms with Crippen LogP contribution in [0.15, 0.2) is 54.9 Å². The van der Waals surface area contributed by atoms with Crippen LogP contribution in [0.3, 0.4) is 0 Å². The highest BCUT2D eigenvalue weighted by atomic mass is 19.1. The van der Waals surface area contributed by atoms with E-state index in [4.69, 9.17) is 5.10 Å². The van der Waals surface area contributed by atoms with Gasteiger partial charge in [0.05, 0.1) is 40.4 Å². The Balaban J connectivity index is 0.792. The molecule has 2 aromatic carbocycles. The van der Waals surface area contributed by atoms with Crippen molar-refractivity contribution in [2.24, 2.45) is 0 Å². The summed E-state index contributed by atoms with van der Waals surface area (Å²) in [6, 6.07) is 15.0. The fraction of sp³-hybridized carbons (Fsp3) is 0.478. The second kappa shape index (κ2) is 16.5. The topological polar surface area (TPSA) is 164 Å². The van der Waals surface area contributed by atoms with Gasteiger partial charge in [0.2, 0.25) is 11.8 Å². The van der Waals surface area contributed by atoms with Crippen LogP contribution in [-0.2, 0) is 15.2 Å². The largest absolute Gasteiger partial charge is 0.386 e. The number of rotatable bonds is 8. The number of nitrogens with one attached hydrogen (secondary N) is 2. The van der Waals surface area contributed by atoms with E-state index in [1.165, 1.54) is 22.8 Å². The maximum Gasteiger partial charge on any atom is 0.274 e. The van der Waals surface area contributed by atoms with Gasteiger partial charge in [-0.05, 0) is 108 Å². The first-order valence-electron chi connectivity index (χ1n) is 21.8. The van der Waals surface area contributed by atoms with Crippen molar-refractivity contribution in [3.8, 4) is 6.07 Å². The Morgan fingerprint density at radius 3 is 2.34 bits per heavy atom. The highest BCUT2D eigenvalue weighted by Crippen LogP contribution is 2.38. The van der Waals surface area contributed by atoms with Crippen molar-refractivity contribution < 1.29 is 28.3 Å². The molecule has 3 amide bonds. The van der Waals surface area contributed by atoms with Crippen LogP contribution in [0.25, 0.3) is 16.4 Å². The molecule has 3 N–H and O–H groups in total. The Morgan fingerprint density at radius 1 is 0.935 bits per heavy atom. The third-order valence-electron chi connectivity index (χ3n) is 13.6. The van der Waals surface area contributed by atoms with Crippen LogP contribution in [0.2, 0.25) is 0 Å². The Bertz CT molecular complexity index is 2570. The Kier molecular flexibility index (Phi) is 11.1. The van der Waals surface area contributed by atoms with Gasteiger partial charge in [-0.3, -0.25) is 34.2 Å². The minimum Gasteiger partial charge on any atom is -0.386 e. The molecule has 0 unspecified atom stereocenters. The molecule has 324 valence electrons. The molecule has 0 bridgehead atoms. The number of hydrogen-bond donors (Lipinski definition) is 3. The molecule has 62 heavy (non-hydrogen) atoms. The molecule has 3 aromatic heterocycles. The maximum absolute atomic E-state index is 15.3. The summed E-state index contributed by atoms with van der Waals surface area (Å²) in [5.41, 5.74) is 2.10. The van der Waals surface area contributed by atoms with Crippen molar-refractivity contribution in [3.63, 3.8) is 0 Å². The van der Waals surface area contributed by atoms with Crippen molar-refractivity contribution in [1.82, 2.24) is 34.5 Å². The van der Waals surface area contributed by atoms with Gasteiger partial charge in [-0.2, -0.15) is 15.5 Å². The number of nitrogens with zero attached hydrogens (tertiary/aromatic N) is 8. The summed E-state index contributed by atoms with van der Waals surface area (Å²) in [5, 5.41) is 35.7. The van der Waals surface area contributed by atoms with Crippen molar-refractivity contribution >= 4 is 45.5 Å².